The van der Waals surface area contributed by atoms with Gasteiger partial charge in [-0.25, -0.2) is 4.79 Å². The lowest BCUT2D eigenvalue weighted by Gasteiger charge is -2.27. The summed E-state index contributed by atoms with van der Waals surface area (Å²) in [5, 5.41) is 20.9. The van der Waals surface area contributed by atoms with E-state index < -0.39 is 12.2 Å². The van der Waals surface area contributed by atoms with Gasteiger partial charge in [-0.15, -0.1) is 11.3 Å². The van der Waals surface area contributed by atoms with Crippen molar-refractivity contribution in [2.45, 2.75) is 76.5 Å². The number of anilines is 1. The lowest BCUT2D eigenvalue weighted by atomic mass is 10.0. The molecular weight excluding hydrogens is 426 g/mol. The Morgan fingerprint density at radius 3 is 2.62 bits per heavy atom. The van der Waals surface area contributed by atoms with Crippen LogP contribution in [0.2, 0.25) is 0 Å². The molecule has 7 heteroatoms. The second kappa shape index (κ2) is 11.6. The van der Waals surface area contributed by atoms with Gasteiger partial charge in [0.25, 0.3) is 0 Å². The van der Waals surface area contributed by atoms with Crippen LogP contribution in [0.5, 0.6) is 0 Å². The van der Waals surface area contributed by atoms with Crippen LogP contribution in [-0.2, 0) is 16.0 Å². The normalized spacial score (nSPS) is 19.4. The number of unbranched alkanes of at least 4 members (excludes halogenated alkanes) is 2. The summed E-state index contributed by atoms with van der Waals surface area (Å²) in [4.78, 5) is 27.6. The number of aliphatic hydroxyl groups excluding tert-OH is 2. The number of amides is 1. The van der Waals surface area contributed by atoms with Crippen molar-refractivity contribution in [2.75, 3.05) is 12.0 Å². The molecule has 1 amide bonds. The van der Waals surface area contributed by atoms with Gasteiger partial charge in [0, 0.05) is 10.6 Å². The van der Waals surface area contributed by atoms with Crippen molar-refractivity contribution in [3.8, 4) is 0 Å². The molecule has 0 spiro atoms. The van der Waals surface area contributed by atoms with E-state index in [2.05, 4.69) is 6.92 Å². The minimum Gasteiger partial charge on any atom is -0.465 e. The smallest absolute Gasteiger partial charge is 0.348 e. The topological polar surface area (TPSA) is 87.1 Å². The third-order valence-electron chi connectivity index (χ3n) is 6.04. The Morgan fingerprint density at radius 1 is 1.19 bits per heavy atom. The highest BCUT2D eigenvalue weighted by molar-refractivity contribution is 7.13. The maximum atomic E-state index is 12.6. The molecule has 3 rings (SSSR count). The van der Waals surface area contributed by atoms with Crippen LogP contribution in [0.15, 0.2) is 36.4 Å². The summed E-state index contributed by atoms with van der Waals surface area (Å²) >= 11 is 1.42. The number of hydrogen-bond donors (Lipinski definition) is 2. The number of rotatable bonds is 11. The SMILES string of the molecule is CCCCCC(O)c1ccc(N2C(=O)CC(O)[C@@H]2CCCc2ccc(C(=O)OC)s2)cc1. The second-order valence-electron chi connectivity index (χ2n) is 8.36. The summed E-state index contributed by atoms with van der Waals surface area (Å²) in [6, 6.07) is 10.9. The molecule has 174 valence electrons. The summed E-state index contributed by atoms with van der Waals surface area (Å²) in [6.07, 6.45) is 5.11. The van der Waals surface area contributed by atoms with E-state index in [1.165, 1.54) is 18.4 Å². The Balaban J connectivity index is 1.60. The van der Waals surface area contributed by atoms with Gasteiger partial charge in [0.1, 0.15) is 4.88 Å². The first-order valence-electron chi connectivity index (χ1n) is 11.4. The Hall–Kier alpha value is -2.22. The largest absolute Gasteiger partial charge is 0.465 e. The summed E-state index contributed by atoms with van der Waals surface area (Å²) in [6.45, 7) is 2.14. The highest BCUT2D eigenvalue weighted by Crippen LogP contribution is 2.32. The van der Waals surface area contributed by atoms with Crippen LogP contribution in [0, 0.1) is 0 Å². The van der Waals surface area contributed by atoms with Gasteiger partial charge >= 0.3 is 5.97 Å². The van der Waals surface area contributed by atoms with E-state index in [9.17, 15) is 19.8 Å². The molecule has 1 fully saturated rings. The molecule has 0 radical (unpaired) electrons. The van der Waals surface area contributed by atoms with E-state index in [0.29, 0.717) is 11.3 Å². The van der Waals surface area contributed by atoms with Crippen molar-refractivity contribution in [3.63, 3.8) is 0 Å². The van der Waals surface area contributed by atoms with Gasteiger partial charge < -0.3 is 19.8 Å². The molecule has 6 nitrogen and oxygen atoms in total. The lowest BCUT2D eigenvalue weighted by molar-refractivity contribution is -0.117. The molecule has 1 aliphatic heterocycles. The molecule has 1 aromatic carbocycles. The van der Waals surface area contributed by atoms with Gasteiger partial charge in [0.15, 0.2) is 0 Å². The minimum absolute atomic E-state index is 0.0807. The first-order chi connectivity index (χ1) is 15.4. The number of esters is 1. The van der Waals surface area contributed by atoms with Crippen molar-refractivity contribution in [1.29, 1.82) is 0 Å². The van der Waals surface area contributed by atoms with Gasteiger partial charge in [0.2, 0.25) is 5.91 Å². The second-order valence-corrected chi connectivity index (χ2v) is 9.52. The van der Waals surface area contributed by atoms with Gasteiger partial charge in [-0.05, 0) is 55.5 Å². The summed E-state index contributed by atoms with van der Waals surface area (Å²) in [7, 11) is 1.37. The lowest BCUT2D eigenvalue weighted by Crippen LogP contribution is -2.37. The highest BCUT2D eigenvalue weighted by Gasteiger charge is 2.39. The Kier molecular flexibility index (Phi) is 8.84. The first-order valence-corrected chi connectivity index (χ1v) is 12.2. The number of nitrogens with zero attached hydrogens (tertiary/aromatic N) is 1. The van der Waals surface area contributed by atoms with Gasteiger partial charge in [-0.2, -0.15) is 0 Å². The van der Waals surface area contributed by atoms with Crippen molar-refractivity contribution >= 4 is 28.9 Å². The number of ether oxygens (including phenoxy) is 1. The van der Waals surface area contributed by atoms with E-state index >= 15 is 0 Å². The van der Waals surface area contributed by atoms with Crippen LogP contribution in [0.1, 0.15) is 78.1 Å². The Bertz CT molecular complexity index is 894. The number of benzene rings is 1. The molecule has 0 bridgehead atoms. The number of thiophene rings is 1. The van der Waals surface area contributed by atoms with Crippen molar-refractivity contribution < 1.29 is 24.5 Å². The van der Waals surface area contributed by atoms with Crippen LogP contribution in [0.25, 0.3) is 0 Å². The molecule has 3 atom stereocenters. The van der Waals surface area contributed by atoms with Gasteiger partial charge in [-0.3, -0.25) is 4.79 Å². The van der Waals surface area contributed by atoms with Crippen molar-refractivity contribution in [1.82, 2.24) is 0 Å². The number of hydrogen-bond acceptors (Lipinski definition) is 6. The molecule has 2 heterocycles. The number of aliphatic hydroxyl groups is 2. The summed E-state index contributed by atoms with van der Waals surface area (Å²) < 4.78 is 4.75. The predicted molar refractivity (Wildman–Crippen MR) is 126 cm³/mol. The molecule has 1 saturated heterocycles. The average molecular weight is 460 g/mol. The number of methoxy groups -OCH3 is 1. The van der Waals surface area contributed by atoms with Gasteiger partial charge in [-0.1, -0.05) is 38.3 Å². The predicted octanol–water partition coefficient (Wildman–Crippen LogP) is 4.64. The number of carbonyl (C=O) groups excluding carboxylic acids is 2. The van der Waals surface area contributed by atoms with E-state index in [0.717, 1.165) is 54.7 Å². The van der Waals surface area contributed by atoms with E-state index in [-0.39, 0.29) is 24.3 Å². The van der Waals surface area contributed by atoms with Crippen LogP contribution in [0.4, 0.5) is 5.69 Å². The zero-order valence-electron chi connectivity index (χ0n) is 18.8. The quantitative estimate of drug-likeness (QED) is 0.378. The van der Waals surface area contributed by atoms with Gasteiger partial charge in [0.05, 0.1) is 31.8 Å². The fraction of sp³-hybridized carbons (Fsp3) is 0.520. The summed E-state index contributed by atoms with van der Waals surface area (Å²) in [5.74, 6) is -0.411. The zero-order chi connectivity index (χ0) is 23.1. The Labute approximate surface area is 193 Å². The third kappa shape index (κ3) is 5.97. The maximum absolute atomic E-state index is 12.6. The zero-order valence-corrected chi connectivity index (χ0v) is 19.6. The van der Waals surface area contributed by atoms with E-state index in [4.69, 9.17) is 4.74 Å². The minimum atomic E-state index is -0.698. The van der Waals surface area contributed by atoms with Crippen LogP contribution in [-0.4, -0.2) is 41.3 Å². The molecule has 0 saturated carbocycles. The molecule has 0 aliphatic carbocycles. The first kappa shape index (κ1) is 24.4. The molecule has 1 aliphatic rings. The van der Waals surface area contributed by atoms with E-state index in [1.54, 1.807) is 11.0 Å². The maximum Gasteiger partial charge on any atom is 0.348 e. The fourth-order valence-electron chi connectivity index (χ4n) is 4.25. The standard InChI is InChI=1S/C25H33NO5S/c1-3-4-5-9-21(27)17-10-12-18(13-11-17)26-20(22(28)16-24(26)29)8-6-7-19-14-15-23(32-19)25(30)31-2/h10-15,20-22,27-28H,3-9,16H2,1-2H3/t20-,21?,22?/m0/s1. The molecule has 2 N–H and O–H groups in total. The van der Waals surface area contributed by atoms with Crippen molar-refractivity contribution in [3.05, 3.63) is 51.7 Å². The molecule has 1 aromatic heterocycles. The highest BCUT2D eigenvalue weighted by atomic mass is 32.1. The number of carbonyl (C=O) groups is 2. The van der Waals surface area contributed by atoms with Crippen LogP contribution >= 0.6 is 11.3 Å². The van der Waals surface area contributed by atoms with Crippen molar-refractivity contribution in [2.24, 2.45) is 0 Å². The molecular formula is C25H33NO5S. The Morgan fingerprint density at radius 2 is 1.94 bits per heavy atom. The van der Waals surface area contributed by atoms with Crippen LogP contribution in [0.3, 0.4) is 0 Å². The van der Waals surface area contributed by atoms with Crippen LogP contribution < -0.4 is 4.90 Å². The third-order valence-corrected chi connectivity index (χ3v) is 7.16. The average Bonchev–Trinajstić information content (AvgIpc) is 3.37. The summed E-state index contributed by atoms with van der Waals surface area (Å²) in [5.41, 5.74) is 1.61. The van der Waals surface area contributed by atoms with E-state index in [1.807, 2.05) is 30.3 Å². The molecule has 2 aromatic rings. The fourth-order valence-corrected chi connectivity index (χ4v) is 5.21. The molecule has 2 unspecified atom stereocenters. The molecule has 32 heavy (non-hydrogen) atoms. The number of aryl methyl sites for hydroxylation is 1. The monoisotopic (exact) mass is 459 g/mol.